The number of hydrogen-bond donors (Lipinski definition) is 7. The molecule has 0 bridgehead atoms. The number of carboxylic acids is 1. The Balaban J connectivity index is 5.42. The molecule has 198 valence electrons. The number of carboxylic acid groups (broad SMARTS) is 1. The van der Waals surface area contributed by atoms with Crippen molar-refractivity contribution in [1.29, 1.82) is 0 Å². The maximum absolute atomic E-state index is 13.1. The topological polar surface area (TPSA) is 203 Å². The highest BCUT2D eigenvalue weighted by Gasteiger charge is 2.31. The molecule has 11 heteroatoms. The van der Waals surface area contributed by atoms with Crippen LogP contribution >= 0.6 is 0 Å². The molecule has 0 saturated carbocycles. The van der Waals surface area contributed by atoms with E-state index >= 15 is 0 Å². The van der Waals surface area contributed by atoms with Gasteiger partial charge in [-0.3, -0.25) is 14.4 Å². The predicted molar refractivity (Wildman–Crippen MR) is 132 cm³/mol. The molecule has 0 aliphatic carbocycles. The predicted octanol–water partition coefficient (Wildman–Crippen LogP) is -0.187. The molecule has 34 heavy (non-hydrogen) atoms. The summed E-state index contributed by atoms with van der Waals surface area (Å²) >= 11 is 0. The molecule has 0 rings (SSSR count). The van der Waals surface area contributed by atoms with E-state index in [1.807, 2.05) is 13.8 Å². The van der Waals surface area contributed by atoms with Gasteiger partial charge in [-0.25, -0.2) is 4.79 Å². The van der Waals surface area contributed by atoms with E-state index in [0.717, 1.165) is 6.42 Å². The largest absolute Gasteiger partial charge is 0.480 e. The molecule has 4 atom stereocenters. The molecule has 0 spiro atoms. The summed E-state index contributed by atoms with van der Waals surface area (Å²) in [4.78, 5) is 50.0. The number of unbranched alkanes of at least 4 members (excludes halogenated alkanes) is 2. The van der Waals surface area contributed by atoms with E-state index in [1.54, 1.807) is 13.8 Å². The summed E-state index contributed by atoms with van der Waals surface area (Å²) in [5.41, 5.74) is 17.0. The number of nitrogens with two attached hydrogens (primary N) is 3. The lowest BCUT2D eigenvalue weighted by molar-refractivity contribution is -0.143. The highest BCUT2D eigenvalue weighted by atomic mass is 16.4. The van der Waals surface area contributed by atoms with Crippen LogP contribution in [0.25, 0.3) is 0 Å². The summed E-state index contributed by atoms with van der Waals surface area (Å²) in [5.74, 6) is -2.96. The highest BCUT2D eigenvalue weighted by Crippen LogP contribution is 2.10. The molecule has 11 nitrogen and oxygen atoms in total. The first-order chi connectivity index (χ1) is 15.9. The van der Waals surface area contributed by atoms with Crippen molar-refractivity contribution < 1.29 is 24.3 Å². The Morgan fingerprint density at radius 3 is 1.71 bits per heavy atom. The van der Waals surface area contributed by atoms with Gasteiger partial charge in [-0.15, -0.1) is 0 Å². The monoisotopic (exact) mass is 486 g/mol. The van der Waals surface area contributed by atoms with E-state index in [9.17, 15) is 24.3 Å². The second-order valence-corrected chi connectivity index (χ2v) is 9.50. The van der Waals surface area contributed by atoms with Gasteiger partial charge >= 0.3 is 5.97 Å². The van der Waals surface area contributed by atoms with Crippen LogP contribution in [0.1, 0.15) is 72.6 Å². The molecule has 4 unspecified atom stereocenters. The average Bonchev–Trinajstić information content (AvgIpc) is 2.75. The smallest absolute Gasteiger partial charge is 0.326 e. The molecule has 3 amide bonds. The number of nitrogens with one attached hydrogen (secondary N) is 3. The Morgan fingerprint density at radius 1 is 0.735 bits per heavy atom. The van der Waals surface area contributed by atoms with Crippen LogP contribution in [-0.4, -0.2) is 66.1 Å². The van der Waals surface area contributed by atoms with Crippen molar-refractivity contribution >= 4 is 23.7 Å². The van der Waals surface area contributed by atoms with Crippen molar-refractivity contribution in [1.82, 2.24) is 16.0 Å². The fraction of sp³-hybridized carbons (Fsp3) is 0.826. The molecule has 0 aromatic heterocycles. The van der Waals surface area contributed by atoms with Crippen LogP contribution in [0.5, 0.6) is 0 Å². The standard InChI is InChI=1S/C23H46N6O5/c1-14(2)13-18(22(32)29-19(15(3)4)23(33)34)28-21(31)17(10-6-8-12-25)27-20(30)16(26)9-5-7-11-24/h14-19H,5-13,24-26H2,1-4H3,(H,27,30)(H,28,31)(H,29,32)(H,33,34). The van der Waals surface area contributed by atoms with Crippen molar-refractivity contribution in [3.63, 3.8) is 0 Å². The fourth-order valence-corrected chi connectivity index (χ4v) is 3.42. The Bertz CT molecular complexity index is 643. The van der Waals surface area contributed by atoms with E-state index in [4.69, 9.17) is 17.2 Å². The Kier molecular flexibility index (Phi) is 16.1. The third kappa shape index (κ3) is 12.9. The molecule has 0 fully saturated rings. The van der Waals surface area contributed by atoms with Gasteiger partial charge in [-0.1, -0.05) is 34.1 Å². The van der Waals surface area contributed by atoms with Gasteiger partial charge in [-0.05, 0) is 63.5 Å². The molecule has 0 saturated heterocycles. The van der Waals surface area contributed by atoms with Crippen molar-refractivity contribution in [2.75, 3.05) is 13.1 Å². The summed E-state index contributed by atoms with van der Waals surface area (Å²) in [7, 11) is 0. The minimum absolute atomic E-state index is 0.0552. The first-order valence-electron chi connectivity index (χ1n) is 12.2. The lowest BCUT2D eigenvalue weighted by Crippen LogP contribution is -2.57. The second kappa shape index (κ2) is 17.2. The van der Waals surface area contributed by atoms with E-state index in [-0.39, 0.29) is 11.8 Å². The molecule has 10 N–H and O–H groups in total. The molecule has 0 aliphatic heterocycles. The van der Waals surface area contributed by atoms with Gasteiger partial charge in [0.1, 0.15) is 18.1 Å². The van der Waals surface area contributed by atoms with Crippen LogP contribution in [0.4, 0.5) is 0 Å². The molecule has 0 aromatic carbocycles. The molecule has 0 heterocycles. The lowest BCUT2D eigenvalue weighted by Gasteiger charge is -2.27. The lowest BCUT2D eigenvalue weighted by atomic mass is 9.99. The number of amides is 3. The maximum atomic E-state index is 13.1. The van der Waals surface area contributed by atoms with Gasteiger partial charge in [0.2, 0.25) is 17.7 Å². The Morgan fingerprint density at radius 2 is 1.24 bits per heavy atom. The Hall–Kier alpha value is -2.24. The third-order valence-corrected chi connectivity index (χ3v) is 5.46. The molecular formula is C23H46N6O5. The van der Waals surface area contributed by atoms with Gasteiger partial charge in [0.05, 0.1) is 6.04 Å². The third-order valence-electron chi connectivity index (χ3n) is 5.46. The molecule has 0 aromatic rings. The number of hydrogen-bond acceptors (Lipinski definition) is 7. The van der Waals surface area contributed by atoms with Crippen LogP contribution in [0.3, 0.4) is 0 Å². The molecule has 0 radical (unpaired) electrons. The first kappa shape index (κ1) is 31.8. The van der Waals surface area contributed by atoms with Crippen LogP contribution in [0, 0.1) is 11.8 Å². The van der Waals surface area contributed by atoms with Crippen LogP contribution in [-0.2, 0) is 19.2 Å². The zero-order chi connectivity index (χ0) is 26.3. The SMILES string of the molecule is CC(C)CC(NC(=O)C(CCCCN)NC(=O)C(N)CCCCN)C(=O)NC(C(=O)O)C(C)C. The molecular weight excluding hydrogens is 440 g/mol. The second-order valence-electron chi connectivity index (χ2n) is 9.50. The number of aliphatic carboxylic acids is 1. The number of carbonyl (C=O) groups is 4. The summed E-state index contributed by atoms with van der Waals surface area (Å²) in [6, 6.07) is -3.68. The normalized spacial score (nSPS) is 14.9. The van der Waals surface area contributed by atoms with Gasteiger partial charge in [0, 0.05) is 0 Å². The van der Waals surface area contributed by atoms with Gasteiger partial charge in [-0.2, -0.15) is 0 Å². The fourth-order valence-electron chi connectivity index (χ4n) is 3.42. The van der Waals surface area contributed by atoms with Crippen molar-refractivity contribution in [3.05, 3.63) is 0 Å². The van der Waals surface area contributed by atoms with Crippen LogP contribution in [0.2, 0.25) is 0 Å². The number of rotatable bonds is 18. The zero-order valence-corrected chi connectivity index (χ0v) is 21.1. The maximum Gasteiger partial charge on any atom is 0.326 e. The van der Waals surface area contributed by atoms with Gasteiger partial charge < -0.3 is 38.3 Å². The summed E-state index contributed by atoms with van der Waals surface area (Å²) in [5, 5.41) is 17.3. The van der Waals surface area contributed by atoms with E-state index in [2.05, 4.69) is 16.0 Å². The van der Waals surface area contributed by atoms with Crippen LogP contribution in [0.15, 0.2) is 0 Å². The van der Waals surface area contributed by atoms with Gasteiger partial charge in [0.15, 0.2) is 0 Å². The van der Waals surface area contributed by atoms with Crippen molar-refractivity contribution in [2.45, 2.75) is 96.8 Å². The quantitative estimate of drug-likeness (QED) is 0.129. The van der Waals surface area contributed by atoms with Crippen molar-refractivity contribution in [2.24, 2.45) is 29.0 Å². The highest BCUT2D eigenvalue weighted by molar-refractivity contribution is 5.94. The van der Waals surface area contributed by atoms with Crippen LogP contribution < -0.4 is 33.2 Å². The van der Waals surface area contributed by atoms with E-state index in [1.165, 1.54) is 0 Å². The average molecular weight is 487 g/mol. The number of carbonyl (C=O) groups excluding carboxylic acids is 3. The Labute approximate surface area is 203 Å². The van der Waals surface area contributed by atoms with E-state index < -0.39 is 47.9 Å². The molecule has 0 aliphatic rings. The summed E-state index contributed by atoms with van der Waals surface area (Å²) in [6.45, 7) is 8.13. The minimum atomic E-state index is -1.14. The first-order valence-corrected chi connectivity index (χ1v) is 12.2. The zero-order valence-electron chi connectivity index (χ0n) is 21.1. The summed E-state index contributed by atoms with van der Waals surface area (Å²) in [6.07, 6.45) is 3.82. The van der Waals surface area contributed by atoms with Gasteiger partial charge in [0.25, 0.3) is 0 Å². The van der Waals surface area contributed by atoms with E-state index in [0.29, 0.717) is 51.6 Å². The van der Waals surface area contributed by atoms with Crippen molar-refractivity contribution in [3.8, 4) is 0 Å². The minimum Gasteiger partial charge on any atom is -0.480 e. The summed E-state index contributed by atoms with van der Waals surface area (Å²) < 4.78 is 0.